The fourth-order valence-electron chi connectivity index (χ4n) is 1.53. The summed E-state index contributed by atoms with van der Waals surface area (Å²) in [6, 6.07) is 0. The van der Waals surface area contributed by atoms with Gasteiger partial charge in [0.25, 0.3) is 0 Å². The van der Waals surface area contributed by atoms with Crippen LogP contribution < -0.4 is 0 Å². The highest BCUT2D eigenvalue weighted by molar-refractivity contribution is 4.51. The van der Waals surface area contributed by atoms with Crippen molar-refractivity contribution in [3.8, 4) is 0 Å². The molecule has 1 atom stereocenters. The quantitative estimate of drug-likeness (QED) is 0.480. The third kappa shape index (κ3) is 9.88. The van der Waals surface area contributed by atoms with E-state index in [2.05, 4.69) is 13.8 Å². The molecule has 0 amide bonds. The molecular formula is C12H25O. The Kier molecular flexibility index (Phi) is 10.0. The van der Waals surface area contributed by atoms with Crippen molar-refractivity contribution in [2.75, 3.05) is 6.61 Å². The molecule has 0 saturated heterocycles. The normalized spacial score (nSPS) is 13.2. The average Bonchev–Trinajstić information content (AvgIpc) is 2.16. The molecule has 1 nitrogen and oxygen atoms in total. The van der Waals surface area contributed by atoms with E-state index in [4.69, 9.17) is 0 Å². The number of rotatable bonds is 9. The summed E-state index contributed by atoms with van der Waals surface area (Å²) in [7, 11) is 0. The highest BCUT2D eigenvalue weighted by Gasteiger charge is 1.99. The predicted molar refractivity (Wildman–Crippen MR) is 57.3 cm³/mol. The molecule has 0 aromatic rings. The van der Waals surface area contributed by atoms with E-state index >= 15 is 0 Å². The van der Waals surface area contributed by atoms with E-state index < -0.39 is 0 Å². The zero-order valence-electron chi connectivity index (χ0n) is 9.35. The van der Waals surface area contributed by atoms with Gasteiger partial charge in [-0.15, -0.1) is 0 Å². The third-order valence-corrected chi connectivity index (χ3v) is 2.58. The summed E-state index contributed by atoms with van der Waals surface area (Å²) in [5.41, 5.74) is 0. The third-order valence-electron chi connectivity index (χ3n) is 2.58. The lowest BCUT2D eigenvalue weighted by Gasteiger charge is -2.05. The molecule has 0 spiro atoms. The molecule has 0 heterocycles. The maximum Gasteiger partial charge on any atom is 0.0847 e. The molecule has 1 unspecified atom stereocenters. The molecule has 0 N–H and O–H groups in total. The predicted octanol–water partition coefficient (Wildman–Crippen LogP) is 4.19. The van der Waals surface area contributed by atoms with Gasteiger partial charge in [-0.1, -0.05) is 58.8 Å². The smallest absolute Gasteiger partial charge is 0.0847 e. The summed E-state index contributed by atoms with van der Waals surface area (Å²) < 4.78 is 0. The lowest BCUT2D eigenvalue weighted by Crippen LogP contribution is -1.98. The lowest BCUT2D eigenvalue weighted by atomic mass is 10.0. The standard InChI is InChI=1S/C12H25O/c1-3-4-5-6-7-8-9-10-12(2)11-13/h12H,3-11H2,1-2H3. The lowest BCUT2D eigenvalue weighted by molar-refractivity contribution is 0.145. The molecule has 0 aliphatic rings. The van der Waals surface area contributed by atoms with Crippen molar-refractivity contribution in [1.29, 1.82) is 0 Å². The van der Waals surface area contributed by atoms with Gasteiger partial charge in [0, 0.05) is 0 Å². The van der Waals surface area contributed by atoms with Gasteiger partial charge >= 0.3 is 0 Å². The van der Waals surface area contributed by atoms with Crippen molar-refractivity contribution in [3.05, 3.63) is 0 Å². The second kappa shape index (κ2) is 10.0. The van der Waals surface area contributed by atoms with Crippen molar-refractivity contribution in [2.45, 2.75) is 65.2 Å². The highest BCUT2D eigenvalue weighted by Crippen LogP contribution is 2.11. The van der Waals surface area contributed by atoms with E-state index in [1.807, 2.05) is 0 Å². The molecule has 0 aromatic heterocycles. The Morgan fingerprint density at radius 3 is 2.00 bits per heavy atom. The molecule has 0 saturated carbocycles. The first-order valence-electron chi connectivity index (χ1n) is 5.89. The van der Waals surface area contributed by atoms with Crippen LogP contribution in [0, 0.1) is 5.92 Å². The first-order valence-corrected chi connectivity index (χ1v) is 5.89. The van der Waals surface area contributed by atoms with E-state index in [9.17, 15) is 5.11 Å². The molecule has 0 aliphatic heterocycles. The van der Waals surface area contributed by atoms with Crippen molar-refractivity contribution >= 4 is 0 Å². The van der Waals surface area contributed by atoms with E-state index in [0.717, 1.165) is 6.42 Å². The minimum atomic E-state index is 0.107. The summed E-state index contributed by atoms with van der Waals surface area (Å²) >= 11 is 0. The van der Waals surface area contributed by atoms with Crippen LogP contribution in [0.15, 0.2) is 0 Å². The summed E-state index contributed by atoms with van der Waals surface area (Å²) in [5.74, 6) is 0.399. The van der Waals surface area contributed by atoms with Crippen LogP contribution in [0.4, 0.5) is 0 Å². The Labute approximate surface area is 83.5 Å². The van der Waals surface area contributed by atoms with Gasteiger partial charge in [-0.05, 0) is 12.3 Å². The van der Waals surface area contributed by atoms with E-state index in [1.165, 1.54) is 44.9 Å². The van der Waals surface area contributed by atoms with Crippen LogP contribution in [-0.4, -0.2) is 6.61 Å². The van der Waals surface area contributed by atoms with Crippen molar-refractivity contribution in [2.24, 2.45) is 5.92 Å². The average molecular weight is 185 g/mol. The summed E-state index contributed by atoms with van der Waals surface area (Å²) in [4.78, 5) is 0. The molecule has 1 heteroatoms. The second-order valence-corrected chi connectivity index (χ2v) is 4.18. The van der Waals surface area contributed by atoms with Crippen LogP contribution in [-0.2, 0) is 5.11 Å². The van der Waals surface area contributed by atoms with Crippen LogP contribution >= 0.6 is 0 Å². The molecule has 0 aliphatic carbocycles. The Bertz CT molecular complexity index is 91.1. The van der Waals surface area contributed by atoms with E-state index in [1.54, 1.807) is 0 Å². The van der Waals surface area contributed by atoms with E-state index in [0.29, 0.717) is 5.92 Å². The first-order chi connectivity index (χ1) is 6.31. The fourth-order valence-corrected chi connectivity index (χ4v) is 1.53. The number of unbranched alkanes of at least 4 members (excludes halogenated alkanes) is 6. The van der Waals surface area contributed by atoms with Gasteiger partial charge in [0.05, 0.1) is 6.61 Å². The van der Waals surface area contributed by atoms with Gasteiger partial charge in [-0.2, -0.15) is 0 Å². The Balaban J connectivity index is 2.91. The first kappa shape index (κ1) is 13.0. The zero-order valence-corrected chi connectivity index (χ0v) is 9.35. The maximum absolute atomic E-state index is 10.4. The van der Waals surface area contributed by atoms with Crippen molar-refractivity contribution < 1.29 is 5.11 Å². The van der Waals surface area contributed by atoms with Crippen molar-refractivity contribution in [1.82, 2.24) is 0 Å². The van der Waals surface area contributed by atoms with Gasteiger partial charge in [-0.25, -0.2) is 5.11 Å². The summed E-state index contributed by atoms with van der Waals surface area (Å²) in [5, 5.41) is 10.4. The van der Waals surface area contributed by atoms with Crippen LogP contribution in [0.5, 0.6) is 0 Å². The van der Waals surface area contributed by atoms with Gasteiger partial charge in [-0.3, -0.25) is 0 Å². The molecule has 13 heavy (non-hydrogen) atoms. The second-order valence-electron chi connectivity index (χ2n) is 4.18. The number of hydrogen-bond donors (Lipinski definition) is 0. The number of hydrogen-bond acceptors (Lipinski definition) is 0. The summed E-state index contributed by atoms with van der Waals surface area (Å²) in [6.45, 7) is 4.41. The largest absolute Gasteiger partial charge is 0.236 e. The fraction of sp³-hybridized carbons (Fsp3) is 1.00. The molecule has 1 radical (unpaired) electrons. The van der Waals surface area contributed by atoms with Gasteiger partial charge in [0.2, 0.25) is 0 Å². The molecule has 0 fully saturated rings. The van der Waals surface area contributed by atoms with Crippen LogP contribution in [0.3, 0.4) is 0 Å². The van der Waals surface area contributed by atoms with Gasteiger partial charge < -0.3 is 0 Å². The van der Waals surface area contributed by atoms with Crippen LogP contribution in [0.25, 0.3) is 0 Å². The SMILES string of the molecule is CCCCCCCCCC(C)C[O]. The van der Waals surface area contributed by atoms with Crippen molar-refractivity contribution in [3.63, 3.8) is 0 Å². The summed E-state index contributed by atoms with van der Waals surface area (Å²) in [6.07, 6.45) is 10.6. The van der Waals surface area contributed by atoms with Crippen LogP contribution in [0.2, 0.25) is 0 Å². The van der Waals surface area contributed by atoms with E-state index in [-0.39, 0.29) is 6.61 Å². The van der Waals surface area contributed by atoms with Gasteiger partial charge in [0.1, 0.15) is 0 Å². The molecule has 0 bridgehead atoms. The highest BCUT2D eigenvalue weighted by atomic mass is 16.3. The minimum absolute atomic E-state index is 0.107. The monoisotopic (exact) mass is 185 g/mol. The topological polar surface area (TPSA) is 19.9 Å². The Hall–Kier alpha value is -0.0400. The Morgan fingerprint density at radius 2 is 1.46 bits per heavy atom. The maximum atomic E-state index is 10.4. The molecular weight excluding hydrogens is 160 g/mol. The molecule has 0 aromatic carbocycles. The van der Waals surface area contributed by atoms with Gasteiger partial charge in [0.15, 0.2) is 0 Å². The zero-order chi connectivity index (χ0) is 9.94. The van der Waals surface area contributed by atoms with Crippen LogP contribution in [0.1, 0.15) is 65.2 Å². The Morgan fingerprint density at radius 1 is 0.923 bits per heavy atom. The molecule has 0 rings (SSSR count). The minimum Gasteiger partial charge on any atom is -0.236 e. The molecule has 79 valence electrons.